The first-order chi connectivity index (χ1) is 9.09. The molecule has 1 aromatic rings. The van der Waals surface area contributed by atoms with Crippen molar-refractivity contribution in [2.45, 2.75) is 45.1 Å². The maximum atomic E-state index is 5.49. The zero-order valence-electron chi connectivity index (χ0n) is 12.5. The van der Waals surface area contributed by atoms with Crippen molar-refractivity contribution in [2.24, 2.45) is 5.92 Å². The van der Waals surface area contributed by atoms with Gasteiger partial charge in [-0.1, -0.05) is 24.3 Å². The number of nitrogens with one attached hydrogen (secondary N) is 1. The molecule has 1 saturated heterocycles. The monoisotopic (exact) mass is 261 g/mol. The fourth-order valence-electron chi connectivity index (χ4n) is 2.78. The molecule has 2 nitrogen and oxygen atoms in total. The van der Waals surface area contributed by atoms with E-state index in [-0.39, 0.29) is 5.60 Å². The number of methoxy groups -OCH3 is 1. The summed E-state index contributed by atoms with van der Waals surface area (Å²) >= 11 is 0. The molecule has 0 atom stereocenters. The first-order valence-corrected chi connectivity index (χ1v) is 7.43. The van der Waals surface area contributed by atoms with Gasteiger partial charge in [0.15, 0.2) is 0 Å². The summed E-state index contributed by atoms with van der Waals surface area (Å²) in [5, 5.41) is 3.43. The summed E-state index contributed by atoms with van der Waals surface area (Å²) in [6, 6.07) is 9.11. The molecule has 1 fully saturated rings. The highest BCUT2D eigenvalue weighted by Crippen LogP contribution is 2.20. The molecule has 1 aliphatic heterocycles. The van der Waals surface area contributed by atoms with Crippen molar-refractivity contribution in [3.63, 3.8) is 0 Å². The van der Waals surface area contributed by atoms with E-state index in [0.29, 0.717) is 0 Å². The van der Waals surface area contributed by atoms with Crippen molar-refractivity contribution in [1.29, 1.82) is 0 Å². The molecule has 0 spiro atoms. The highest BCUT2D eigenvalue weighted by molar-refractivity contribution is 5.24. The molecule has 19 heavy (non-hydrogen) atoms. The van der Waals surface area contributed by atoms with E-state index in [1.807, 2.05) is 0 Å². The lowest BCUT2D eigenvalue weighted by Gasteiger charge is -2.24. The molecule has 0 aliphatic carbocycles. The van der Waals surface area contributed by atoms with Crippen LogP contribution in [0.25, 0.3) is 0 Å². The Morgan fingerprint density at radius 2 is 1.68 bits per heavy atom. The Kier molecular flexibility index (Phi) is 5.00. The lowest BCUT2D eigenvalue weighted by molar-refractivity contribution is 0.0232. The molecule has 0 aromatic heterocycles. The minimum atomic E-state index is -0.0729. The van der Waals surface area contributed by atoms with E-state index in [1.165, 1.54) is 43.5 Å². The average Bonchev–Trinajstić information content (AvgIpc) is 2.42. The molecule has 0 amide bonds. The SMILES string of the molecule is COC(C)(C)Cc1ccc(CC2CCNCC2)cc1. The van der Waals surface area contributed by atoms with E-state index in [1.54, 1.807) is 7.11 Å². The topological polar surface area (TPSA) is 21.3 Å². The highest BCUT2D eigenvalue weighted by atomic mass is 16.5. The van der Waals surface area contributed by atoms with Crippen LogP contribution in [-0.4, -0.2) is 25.8 Å². The third kappa shape index (κ3) is 4.63. The second-order valence-electron chi connectivity index (χ2n) is 6.35. The van der Waals surface area contributed by atoms with Gasteiger partial charge in [0.2, 0.25) is 0 Å². The van der Waals surface area contributed by atoms with Crippen molar-refractivity contribution in [1.82, 2.24) is 5.32 Å². The molecule has 1 N–H and O–H groups in total. The molecule has 0 unspecified atom stereocenters. The van der Waals surface area contributed by atoms with Crippen molar-refractivity contribution in [3.05, 3.63) is 35.4 Å². The Morgan fingerprint density at radius 3 is 2.26 bits per heavy atom. The van der Waals surface area contributed by atoms with Crippen LogP contribution in [0.1, 0.15) is 37.8 Å². The van der Waals surface area contributed by atoms with Gasteiger partial charge in [0.1, 0.15) is 0 Å². The van der Waals surface area contributed by atoms with Crippen LogP contribution in [0.2, 0.25) is 0 Å². The molecule has 2 heteroatoms. The Morgan fingerprint density at radius 1 is 1.11 bits per heavy atom. The molecule has 1 heterocycles. The smallest absolute Gasteiger partial charge is 0.0662 e. The summed E-state index contributed by atoms with van der Waals surface area (Å²) in [7, 11) is 1.78. The zero-order chi connectivity index (χ0) is 13.7. The lowest BCUT2D eigenvalue weighted by Crippen LogP contribution is -2.28. The minimum Gasteiger partial charge on any atom is -0.378 e. The van der Waals surface area contributed by atoms with E-state index >= 15 is 0 Å². The van der Waals surface area contributed by atoms with Gasteiger partial charge in [0.05, 0.1) is 5.60 Å². The van der Waals surface area contributed by atoms with Crippen LogP contribution in [0, 0.1) is 5.92 Å². The van der Waals surface area contributed by atoms with Gasteiger partial charge in [-0.05, 0) is 63.2 Å². The molecule has 1 aliphatic rings. The van der Waals surface area contributed by atoms with Gasteiger partial charge >= 0.3 is 0 Å². The Bertz CT molecular complexity index is 377. The molecule has 0 bridgehead atoms. The number of rotatable bonds is 5. The van der Waals surface area contributed by atoms with Crippen LogP contribution < -0.4 is 5.32 Å². The Hall–Kier alpha value is -0.860. The number of hydrogen-bond donors (Lipinski definition) is 1. The van der Waals surface area contributed by atoms with Crippen LogP contribution in [0.4, 0.5) is 0 Å². The maximum absolute atomic E-state index is 5.49. The van der Waals surface area contributed by atoms with Gasteiger partial charge in [0, 0.05) is 13.5 Å². The Balaban J connectivity index is 1.90. The number of benzene rings is 1. The molecule has 1 aromatic carbocycles. The van der Waals surface area contributed by atoms with E-state index in [2.05, 4.69) is 43.4 Å². The molecular weight excluding hydrogens is 234 g/mol. The second kappa shape index (κ2) is 6.53. The van der Waals surface area contributed by atoms with Crippen molar-refractivity contribution in [2.75, 3.05) is 20.2 Å². The van der Waals surface area contributed by atoms with Gasteiger partial charge in [-0.15, -0.1) is 0 Å². The summed E-state index contributed by atoms with van der Waals surface area (Å²) in [5.41, 5.74) is 2.77. The first-order valence-electron chi connectivity index (χ1n) is 7.43. The van der Waals surface area contributed by atoms with Crippen LogP contribution >= 0.6 is 0 Å². The predicted molar refractivity (Wildman–Crippen MR) is 80.5 cm³/mol. The average molecular weight is 261 g/mol. The largest absolute Gasteiger partial charge is 0.378 e. The van der Waals surface area contributed by atoms with E-state index in [4.69, 9.17) is 4.74 Å². The van der Waals surface area contributed by atoms with Crippen molar-refractivity contribution in [3.8, 4) is 0 Å². The van der Waals surface area contributed by atoms with Crippen molar-refractivity contribution >= 4 is 0 Å². The van der Waals surface area contributed by atoms with Gasteiger partial charge in [-0.2, -0.15) is 0 Å². The fraction of sp³-hybridized carbons (Fsp3) is 0.647. The van der Waals surface area contributed by atoms with Gasteiger partial charge in [-0.3, -0.25) is 0 Å². The second-order valence-corrected chi connectivity index (χ2v) is 6.35. The quantitative estimate of drug-likeness (QED) is 0.879. The normalized spacial score (nSPS) is 17.6. The third-order valence-electron chi connectivity index (χ3n) is 4.19. The predicted octanol–water partition coefficient (Wildman–Crippen LogP) is 3.20. The van der Waals surface area contributed by atoms with Gasteiger partial charge < -0.3 is 10.1 Å². The van der Waals surface area contributed by atoms with Crippen LogP contribution in [0.3, 0.4) is 0 Å². The minimum absolute atomic E-state index is 0.0729. The maximum Gasteiger partial charge on any atom is 0.0662 e. The number of piperidine rings is 1. The van der Waals surface area contributed by atoms with Crippen LogP contribution in [-0.2, 0) is 17.6 Å². The summed E-state index contributed by atoms with van der Waals surface area (Å²) in [6.07, 6.45) is 4.84. The summed E-state index contributed by atoms with van der Waals surface area (Å²) in [4.78, 5) is 0. The molecular formula is C17H27NO. The molecule has 0 radical (unpaired) electrons. The summed E-state index contributed by atoms with van der Waals surface area (Å²) in [5.74, 6) is 0.863. The lowest BCUT2D eigenvalue weighted by atomic mass is 9.90. The third-order valence-corrected chi connectivity index (χ3v) is 4.19. The van der Waals surface area contributed by atoms with Crippen LogP contribution in [0.5, 0.6) is 0 Å². The zero-order valence-corrected chi connectivity index (χ0v) is 12.5. The Labute approximate surface area is 117 Å². The standard InChI is InChI=1S/C17H27NO/c1-17(2,19-3)13-16-6-4-14(5-7-16)12-15-8-10-18-11-9-15/h4-7,15,18H,8-13H2,1-3H3. The van der Waals surface area contributed by atoms with E-state index in [0.717, 1.165) is 12.3 Å². The van der Waals surface area contributed by atoms with Gasteiger partial charge in [-0.25, -0.2) is 0 Å². The van der Waals surface area contributed by atoms with Gasteiger partial charge in [0.25, 0.3) is 0 Å². The first kappa shape index (κ1) is 14.5. The number of ether oxygens (including phenoxy) is 1. The molecule has 0 saturated carbocycles. The summed E-state index contributed by atoms with van der Waals surface area (Å²) in [6.45, 7) is 6.64. The molecule has 2 rings (SSSR count). The number of hydrogen-bond acceptors (Lipinski definition) is 2. The van der Waals surface area contributed by atoms with E-state index in [9.17, 15) is 0 Å². The molecule has 106 valence electrons. The van der Waals surface area contributed by atoms with Crippen LogP contribution in [0.15, 0.2) is 24.3 Å². The highest BCUT2D eigenvalue weighted by Gasteiger charge is 2.17. The fourth-order valence-corrected chi connectivity index (χ4v) is 2.78. The van der Waals surface area contributed by atoms with Crippen molar-refractivity contribution < 1.29 is 4.74 Å². The van der Waals surface area contributed by atoms with E-state index < -0.39 is 0 Å². The summed E-state index contributed by atoms with van der Waals surface area (Å²) < 4.78 is 5.49.